The zero-order valence-electron chi connectivity index (χ0n) is 73.6. The van der Waals surface area contributed by atoms with Crippen LogP contribution in [-0.2, 0) is 75.5 Å². The number of anilines is 5. The molecule has 0 unspecified atom stereocenters. The van der Waals surface area contributed by atoms with E-state index < -0.39 is 5.92 Å². The molecule has 4 aromatic carbocycles. The van der Waals surface area contributed by atoms with Crippen LogP contribution < -0.4 is 26.6 Å². The monoisotopic (exact) mass is 1940 g/mol. The molecule has 131 heavy (non-hydrogen) atoms. The molecule has 0 atom stereocenters. The van der Waals surface area contributed by atoms with Gasteiger partial charge in [-0.05, 0) is 164 Å². The third kappa shape index (κ3) is 22.6. The van der Waals surface area contributed by atoms with E-state index in [4.69, 9.17) is 19.9 Å². The van der Waals surface area contributed by atoms with E-state index in [2.05, 4.69) is 128 Å². The molecule has 25 nitrogen and oxygen atoms in total. The van der Waals surface area contributed by atoms with Crippen molar-refractivity contribution >= 4 is 167 Å². The van der Waals surface area contributed by atoms with E-state index in [1.807, 2.05) is 102 Å². The number of hydrogen-bond donors (Lipinski definition) is 5. The minimum absolute atomic E-state index is 0.0584. The minimum Gasteiger partial charge on any atom is -0.293 e. The highest BCUT2D eigenvalue weighted by molar-refractivity contribution is 8.14. The Balaban J connectivity index is 0.000000126. The standard InChI is InChI=1S/C20H18F2N4OS2.C19H17FN4OS2.2C19H18N4OS2.C16H20N4OS2/c1-3-28-19(27)26-18-24-14-9-8-11-10-23-17(25-15(11)16(14)29-18)12-6-4-5-7-13(12)20(2,21)22;1-3-26-19(25)24-18-22-14-8-7-11-9-21-17(23-15(11)16(14)27-18)12-5-4-6-13(20)10(12)2;2*1-3-25-19(24)23-18-21-14-9-8-12-10-20-17(22-15(12)16(14)26-18)13-7-5-4-6-11(13)2;1-5-22-15(21)20-14-18-10-7-6-9-8-17-13(16(2,3)4)19-11(9)12(10)23-14/h4-7,10H,3,8-9H2,1-2H3,(H,24,26,27);4-6,9H,3,7-8H2,1-2H3,(H,22,24,25);2*4-7,10H,3,8-9H2,1-2H3,(H,21,23,24);8H,5-7H2,1-4H3,(H,18,20,21). The van der Waals surface area contributed by atoms with Gasteiger partial charge in [-0.1, -0.05) is 256 Å². The van der Waals surface area contributed by atoms with E-state index >= 15 is 0 Å². The number of thiazole rings is 5. The van der Waals surface area contributed by atoms with Gasteiger partial charge in [0.1, 0.15) is 11.6 Å². The van der Waals surface area contributed by atoms with Crippen LogP contribution in [-0.4, -0.2) is 130 Å². The van der Waals surface area contributed by atoms with Gasteiger partial charge in [0, 0.05) is 71.1 Å². The number of nitrogens with zero attached hydrogens (tertiary/aromatic N) is 15. The summed E-state index contributed by atoms with van der Waals surface area (Å²) in [7, 11) is 0. The van der Waals surface area contributed by atoms with Crippen molar-refractivity contribution < 1.29 is 37.1 Å². The Morgan fingerprint density at radius 1 is 0.336 bits per heavy atom. The molecule has 5 amide bonds. The van der Waals surface area contributed by atoms with Crippen LogP contribution >= 0.6 is 115 Å². The number of carbonyl (C=O) groups is 5. The van der Waals surface area contributed by atoms with Gasteiger partial charge in [-0.15, -0.1) is 0 Å². The Morgan fingerprint density at radius 3 is 0.901 bits per heavy atom. The summed E-state index contributed by atoms with van der Waals surface area (Å²) in [5.41, 5.74) is 20.4. The van der Waals surface area contributed by atoms with E-state index in [9.17, 15) is 37.1 Å². The molecule has 0 fully saturated rings. The van der Waals surface area contributed by atoms with Crippen LogP contribution in [0.5, 0.6) is 0 Å². The quantitative estimate of drug-likeness (QED) is 0.0636. The van der Waals surface area contributed by atoms with Crippen LogP contribution in [0.4, 0.5) is 62.8 Å². The van der Waals surface area contributed by atoms with Crippen molar-refractivity contribution in [1.82, 2.24) is 74.8 Å². The van der Waals surface area contributed by atoms with Gasteiger partial charge in [0.25, 0.3) is 32.1 Å². The smallest absolute Gasteiger partial charge is 0.285 e. The van der Waals surface area contributed by atoms with Crippen LogP contribution in [0.2, 0.25) is 0 Å². The largest absolute Gasteiger partial charge is 0.293 e. The highest BCUT2D eigenvalue weighted by Gasteiger charge is 2.34. The summed E-state index contributed by atoms with van der Waals surface area (Å²) >= 11 is 13.4. The predicted octanol–water partition coefficient (Wildman–Crippen LogP) is 25.1. The van der Waals surface area contributed by atoms with Crippen LogP contribution in [0.3, 0.4) is 0 Å². The van der Waals surface area contributed by atoms with Crippen molar-refractivity contribution in [2.75, 3.05) is 55.3 Å². The fourth-order valence-electron chi connectivity index (χ4n) is 14.7. The molecule has 5 aliphatic carbocycles. The maximum absolute atomic E-state index is 14.1. The SMILES string of the molecule is CCSC(=O)Nc1nc2c(s1)-c1nc(-c3cccc(F)c3C)ncc1CC2.CCSC(=O)Nc1nc2c(s1)-c1nc(-c3ccccc3C(C)(F)F)ncc1CC2.CCSC(=O)Nc1nc2c(s1)-c1nc(-c3ccccc3C)ncc1CC2.CCSC(=O)Nc1nc2c(s1)-c1nc(-c3ccccc3C)ncc1CC2.CCSC(=O)Nc1nc2c(s1)-c1nc(C(C)(C)C)ncc1CC2. The molecule has 14 aromatic rings. The van der Waals surface area contributed by atoms with E-state index in [1.54, 1.807) is 37.4 Å². The lowest BCUT2D eigenvalue weighted by Crippen LogP contribution is -2.18. The third-order valence-corrected chi connectivity index (χ3v) is 29.4. The number of rotatable bonds is 15. The Hall–Kier alpha value is -10.7. The van der Waals surface area contributed by atoms with Crippen LogP contribution in [0.25, 0.3) is 98.4 Å². The molecular weight excluding hydrogens is 1850 g/mol. The number of halogens is 3. The van der Waals surface area contributed by atoms with Crippen molar-refractivity contribution in [3.63, 3.8) is 0 Å². The van der Waals surface area contributed by atoms with Crippen molar-refractivity contribution in [3.05, 3.63) is 212 Å². The number of hydrogen-bond acceptors (Lipinski definition) is 30. The first-order chi connectivity index (χ1) is 63.1. The molecule has 0 bridgehead atoms. The van der Waals surface area contributed by atoms with Gasteiger partial charge in [0.05, 0.1) is 81.3 Å². The molecule has 38 heteroatoms. The predicted molar refractivity (Wildman–Crippen MR) is 533 cm³/mol. The molecule has 10 aromatic heterocycles. The van der Waals surface area contributed by atoms with Crippen molar-refractivity contribution in [3.8, 4) is 98.4 Å². The molecule has 0 spiro atoms. The number of nitrogens with one attached hydrogen (secondary N) is 5. The minimum atomic E-state index is -3.00. The molecule has 0 saturated carbocycles. The van der Waals surface area contributed by atoms with E-state index in [1.165, 1.54) is 128 Å². The van der Waals surface area contributed by atoms with Crippen LogP contribution in [0.1, 0.15) is 147 Å². The molecule has 0 saturated heterocycles. The Morgan fingerprint density at radius 2 is 0.603 bits per heavy atom. The Kier molecular flexibility index (Phi) is 30.8. The summed E-state index contributed by atoms with van der Waals surface area (Å²) in [5, 5.41) is 16.8. The summed E-state index contributed by atoms with van der Waals surface area (Å²) < 4.78 is 42.0. The first-order valence-corrected chi connectivity index (χ1v) is 51.5. The second-order valence-corrected chi connectivity index (χ2v) is 42.4. The van der Waals surface area contributed by atoms with E-state index in [0.717, 1.165) is 232 Å². The molecular formula is C93H91F3N20O5S10. The summed E-state index contributed by atoms with van der Waals surface area (Å²) in [6.07, 6.45) is 17.6. The maximum Gasteiger partial charge on any atom is 0.285 e. The van der Waals surface area contributed by atoms with E-state index in [0.29, 0.717) is 65.4 Å². The zero-order valence-corrected chi connectivity index (χ0v) is 81.8. The van der Waals surface area contributed by atoms with Crippen molar-refractivity contribution in [2.45, 2.75) is 159 Å². The number of carbonyl (C=O) groups excluding carboxylic acids is 5. The molecule has 5 N–H and O–H groups in total. The van der Waals surface area contributed by atoms with Gasteiger partial charge >= 0.3 is 0 Å². The average molecular weight is 1950 g/mol. The average Bonchev–Trinajstić information content (AvgIpc) is 1.77. The lowest BCUT2D eigenvalue weighted by molar-refractivity contribution is 0.0180. The zero-order chi connectivity index (χ0) is 92.4. The fraction of sp³-hybridized carbons (Fsp3) is 0.312. The van der Waals surface area contributed by atoms with Crippen molar-refractivity contribution in [1.29, 1.82) is 0 Å². The molecule has 0 aliphatic heterocycles. The normalized spacial score (nSPS) is 12.7. The number of aromatic nitrogens is 15. The highest BCUT2D eigenvalue weighted by atomic mass is 32.2. The number of aryl methyl sites for hydroxylation is 12. The Labute approximate surface area is 797 Å². The first-order valence-electron chi connectivity index (χ1n) is 42.5. The third-order valence-electron chi connectivity index (χ3n) is 21.1. The van der Waals surface area contributed by atoms with Gasteiger partial charge in [-0.25, -0.2) is 87.9 Å². The molecule has 674 valence electrons. The summed E-state index contributed by atoms with van der Waals surface area (Å²) in [5.74, 6) is 3.41. The van der Waals surface area contributed by atoms with Gasteiger partial charge in [0.2, 0.25) is 0 Å². The second kappa shape index (κ2) is 42.5. The second-order valence-electron chi connectivity index (χ2n) is 31.3. The summed E-state index contributed by atoms with van der Waals surface area (Å²) in [4.78, 5) is 133. The molecule has 0 radical (unpaired) electrons. The topological polar surface area (TPSA) is 339 Å². The lowest BCUT2D eigenvalue weighted by Gasteiger charge is -2.20. The van der Waals surface area contributed by atoms with Gasteiger partial charge in [0.15, 0.2) is 49.0 Å². The fourth-order valence-corrected chi connectivity index (χ4v) is 22.3. The van der Waals surface area contributed by atoms with Crippen LogP contribution in [0.15, 0.2) is 122 Å². The Bertz CT molecular complexity index is 6490. The number of benzene rings is 4. The first kappa shape index (κ1) is 94.9. The number of alkyl halides is 2. The number of thioether (sulfide) groups is 5. The highest BCUT2D eigenvalue weighted by Crippen LogP contribution is 2.47. The van der Waals surface area contributed by atoms with Gasteiger partial charge in [-0.3, -0.25) is 50.6 Å². The molecule has 5 aliphatic rings. The number of fused-ring (bicyclic) bond motifs is 15. The lowest BCUT2D eigenvalue weighted by atomic mass is 9.94. The molecule has 19 rings (SSSR count). The van der Waals surface area contributed by atoms with Crippen molar-refractivity contribution in [2.24, 2.45) is 0 Å². The van der Waals surface area contributed by atoms with E-state index in [-0.39, 0.29) is 48.8 Å². The number of amides is 5. The van der Waals surface area contributed by atoms with Crippen LogP contribution in [0, 0.1) is 26.6 Å². The molecule has 10 heterocycles. The van der Waals surface area contributed by atoms with Gasteiger partial charge < -0.3 is 0 Å². The van der Waals surface area contributed by atoms with Gasteiger partial charge in [-0.2, -0.15) is 0 Å². The maximum atomic E-state index is 14.1. The summed E-state index contributed by atoms with van der Waals surface area (Å²) in [6.45, 7) is 22.8. The summed E-state index contributed by atoms with van der Waals surface area (Å²) in [6, 6.07) is 27.5.